The topological polar surface area (TPSA) is 47.6 Å². The highest BCUT2D eigenvalue weighted by molar-refractivity contribution is 6.31. The maximum absolute atomic E-state index is 13.5. The number of amides is 1. The van der Waals surface area contributed by atoms with E-state index < -0.39 is 0 Å². The Kier molecular flexibility index (Phi) is 5.53. The first kappa shape index (κ1) is 19.5. The highest BCUT2D eigenvalue weighted by Crippen LogP contribution is 2.32. The number of likely N-dealkylation sites (N-methyl/N-ethyl adjacent to an activating group) is 1. The van der Waals surface area contributed by atoms with Crippen molar-refractivity contribution in [2.75, 3.05) is 41.7 Å². The van der Waals surface area contributed by atoms with Crippen LogP contribution < -0.4 is 15.5 Å². The summed E-state index contributed by atoms with van der Waals surface area (Å²) in [6.45, 7) is 8.75. The molecule has 0 spiro atoms. The van der Waals surface area contributed by atoms with Gasteiger partial charge in [0.2, 0.25) is 0 Å². The molecule has 6 heteroatoms. The molecule has 0 saturated carbocycles. The van der Waals surface area contributed by atoms with Crippen molar-refractivity contribution in [3.63, 3.8) is 0 Å². The molecule has 152 valence electrons. The maximum atomic E-state index is 13.5. The smallest absolute Gasteiger partial charge is 0.257 e. The summed E-state index contributed by atoms with van der Waals surface area (Å²) in [5.41, 5.74) is 3.75. The predicted octanol–water partition coefficient (Wildman–Crippen LogP) is 4.15. The number of anilines is 3. The average Bonchev–Trinajstić information content (AvgIpc) is 3.32. The fraction of sp³-hybridized carbons (Fsp3) is 0.348. The molecule has 1 amide bonds. The number of carbonyl (C=O) groups excluding carboxylic acids is 1. The lowest BCUT2D eigenvalue weighted by Crippen LogP contribution is -2.37. The maximum Gasteiger partial charge on any atom is 0.257 e. The summed E-state index contributed by atoms with van der Waals surface area (Å²) in [4.78, 5) is 17.1. The minimum Gasteiger partial charge on any atom is -0.370 e. The van der Waals surface area contributed by atoms with Crippen molar-refractivity contribution in [2.24, 2.45) is 0 Å². The number of rotatable bonds is 6. The van der Waals surface area contributed by atoms with Gasteiger partial charge in [0.25, 0.3) is 5.91 Å². The number of carbonyl (C=O) groups is 1. The molecule has 2 aliphatic heterocycles. The monoisotopic (exact) mass is 394 g/mol. The molecule has 1 unspecified atom stereocenters. The van der Waals surface area contributed by atoms with Crippen molar-refractivity contribution >= 4 is 28.5 Å². The number of nitrogens with zero attached hydrogens (tertiary/aromatic N) is 2. The molecule has 0 bridgehead atoms. The summed E-state index contributed by atoms with van der Waals surface area (Å²) in [6, 6.07) is 13.2. The van der Waals surface area contributed by atoms with E-state index >= 15 is 0 Å². The summed E-state index contributed by atoms with van der Waals surface area (Å²) < 4.78 is 13.5. The molecule has 0 aromatic heterocycles. The lowest BCUT2D eigenvalue weighted by molar-refractivity contribution is -0.110. The Balaban J connectivity index is 1.43. The fourth-order valence-electron chi connectivity index (χ4n) is 4.24. The van der Waals surface area contributed by atoms with Gasteiger partial charge in [-0.25, -0.2) is 4.39 Å². The largest absolute Gasteiger partial charge is 0.370 e. The molecule has 2 aromatic carbocycles. The van der Waals surface area contributed by atoms with Gasteiger partial charge in [0.05, 0.1) is 5.57 Å². The first-order valence-electron chi connectivity index (χ1n) is 10.3. The molecule has 4 rings (SSSR count). The molecule has 1 saturated heterocycles. The molecule has 1 atom stereocenters. The van der Waals surface area contributed by atoms with Gasteiger partial charge in [-0.15, -0.1) is 0 Å². The highest BCUT2D eigenvalue weighted by Gasteiger charge is 2.26. The second kappa shape index (κ2) is 8.25. The standard InChI is InChI=1S/C23H27FN4O/c1-3-27(4-2)19-11-12-28(15-19)18-8-6-17(7-9-18)25-14-21-20-13-16(24)5-10-22(20)26-23(21)29/h5-10,13-14,19,25H,3-4,11-12,15H2,1-2H3,(H,26,29)/b21-14-. The molecule has 0 radical (unpaired) electrons. The predicted molar refractivity (Wildman–Crippen MR) is 117 cm³/mol. The molecule has 29 heavy (non-hydrogen) atoms. The van der Waals surface area contributed by atoms with E-state index in [-0.39, 0.29) is 11.7 Å². The summed E-state index contributed by atoms with van der Waals surface area (Å²) in [5, 5.41) is 5.92. The Morgan fingerprint density at radius 1 is 1.21 bits per heavy atom. The van der Waals surface area contributed by atoms with Crippen LogP contribution in [0.5, 0.6) is 0 Å². The number of benzene rings is 2. The molecule has 2 N–H and O–H groups in total. The third-order valence-corrected chi connectivity index (χ3v) is 5.87. The quantitative estimate of drug-likeness (QED) is 0.723. The number of hydrogen-bond acceptors (Lipinski definition) is 4. The van der Waals surface area contributed by atoms with Crippen molar-refractivity contribution in [2.45, 2.75) is 26.3 Å². The zero-order chi connectivity index (χ0) is 20.4. The van der Waals surface area contributed by atoms with E-state index in [1.807, 2.05) is 12.1 Å². The Hall–Kier alpha value is -2.86. The fourth-order valence-corrected chi connectivity index (χ4v) is 4.24. The molecular weight excluding hydrogens is 367 g/mol. The van der Waals surface area contributed by atoms with Gasteiger partial charge in [0.15, 0.2) is 0 Å². The molecule has 1 fully saturated rings. The average molecular weight is 394 g/mol. The van der Waals surface area contributed by atoms with E-state index in [0.717, 1.165) is 31.9 Å². The lowest BCUT2D eigenvalue weighted by atomic mass is 10.1. The van der Waals surface area contributed by atoms with E-state index in [2.05, 4.69) is 46.4 Å². The van der Waals surface area contributed by atoms with Crippen molar-refractivity contribution in [3.8, 4) is 0 Å². The van der Waals surface area contributed by atoms with Crippen molar-refractivity contribution in [1.29, 1.82) is 0 Å². The minimum absolute atomic E-state index is 0.228. The first-order valence-corrected chi connectivity index (χ1v) is 10.3. The van der Waals surface area contributed by atoms with E-state index in [0.29, 0.717) is 22.9 Å². The van der Waals surface area contributed by atoms with Crippen molar-refractivity contribution in [3.05, 3.63) is 60.0 Å². The minimum atomic E-state index is -0.357. The zero-order valence-electron chi connectivity index (χ0n) is 16.9. The van der Waals surface area contributed by atoms with Gasteiger partial charge in [0.1, 0.15) is 5.82 Å². The molecule has 5 nitrogen and oxygen atoms in total. The number of nitrogens with one attached hydrogen (secondary N) is 2. The molecular formula is C23H27FN4O. The lowest BCUT2D eigenvalue weighted by Gasteiger charge is -2.26. The Labute approximate surface area is 171 Å². The van der Waals surface area contributed by atoms with Crippen LogP contribution in [0.3, 0.4) is 0 Å². The second-order valence-electron chi connectivity index (χ2n) is 7.50. The van der Waals surface area contributed by atoms with E-state index in [9.17, 15) is 9.18 Å². The van der Waals surface area contributed by atoms with Crippen LogP contribution in [-0.2, 0) is 4.79 Å². The third-order valence-electron chi connectivity index (χ3n) is 5.87. The first-order chi connectivity index (χ1) is 14.1. The van der Waals surface area contributed by atoms with Crippen LogP contribution in [0.15, 0.2) is 48.7 Å². The van der Waals surface area contributed by atoms with Gasteiger partial charge in [-0.2, -0.15) is 0 Å². The van der Waals surface area contributed by atoms with Crippen LogP contribution >= 0.6 is 0 Å². The highest BCUT2D eigenvalue weighted by atomic mass is 19.1. The van der Waals surface area contributed by atoms with Gasteiger partial charge < -0.3 is 15.5 Å². The molecule has 2 aromatic rings. The van der Waals surface area contributed by atoms with Crippen LogP contribution in [0.25, 0.3) is 5.57 Å². The van der Waals surface area contributed by atoms with Crippen LogP contribution in [0, 0.1) is 5.82 Å². The van der Waals surface area contributed by atoms with E-state index in [1.54, 1.807) is 12.3 Å². The van der Waals surface area contributed by atoms with Gasteiger partial charge >= 0.3 is 0 Å². The Morgan fingerprint density at radius 2 is 1.97 bits per heavy atom. The van der Waals surface area contributed by atoms with Gasteiger partial charge in [-0.1, -0.05) is 13.8 Å². The zero-order valence-corrected chi connectivity index (χ0v) is 16.9. The van der Waals surface area contributed by atoms with E-state index in [4.69, 9.17) is 0 Å². The number of halogens is 1. The van der Waals surface area contributed by atoms with Crippen LogP contribution in [0.1, 0.15) is 25.8 Å². The number of fused-ring (bicyclic) bond motifs is 1. The van der Waals surface area contributed by atoms with Crippen LogP contribution in [0.4, 0.5) is 21.5 Å². The van der Waals surface area contributed by atoms with Gasteiger partial charge in [0, 0.05) is 48.0 Å². The Bertz CT molecular complexity index is 921. The molecule has 0 aliphatic carbocycles. The molecule has 2 heterocycles. The van der Waals surface area contributed by atoms with Crippen LogP contribution in [-0.4, -0.2) is 43.0 Å². The summed E-state index contributed by atoms with van der Waals surface area (Å²) in [6.07, 6.45) is 2.83. The van der Waals surface area contributed by atoms with Crippen LogP contribution in [0.2, 0.25) is 0 Å². The summed E-state index contributed by atoms with van der Waals surface area (Å²) >= 11 is 0. The SMILES string of the molecule is CCN(CC)C1CCN(c2ccc(N/C=C3\C(=O)Nc4ccc(F)cc43)cc2)C1. The van der Waals surface area contributed by atoms with E-state index in [1.165, 1.54) is 24.2 Å². The summed E-state index contributed by atoms with van der Waals surface area (Å²) in [5.74, 6) is -0.585. The van der Waals surface area contributed by atoms with Crippen molar-refractivity contribution < 1.29 is 9.18 Å². The summed E-state index contributed by atoms with van der Waals surface area (Å²) in [7, 11) is 0. The number of hydrogen-bond donors (Lipinski definition) is 2. The second-order valence-corrected chi connectivity index (χ2v) is 7.50. The third kappa shape index (κ3) is 3.98. The normalized spacial score (nSPS) is 19.7. The van der Waals surface area contributed by atoms with Gasteiger partial charge in [-0.05, 0) is 62.0 Å². The molecule has 2 aliphatic rings. The van der Waals surface area contributed by atoms with Crippen molar-refractivity contribution in [1.82, 2.24) is 4.90 Å². The van der Waals surface area contributed by atoms with Gasteiger partial charge in [-0.3, -0.25) is 9.69 Å². The Morgan fingerprint density at radius 3 is 2.69 bits per heavy atom.